The molecule has 0 radical (unpaired) electrons. The van der Waals surface area contributed by atoms with Gasteiger partial charge < -0.3 is 14.7 Å². The molecule has 8 heteroatoms. The van der Waals surface area contributed by atoms with Gasteiger partial charge in [0.15, 0.2) is 0 Å². The zero-order chi connectivity index (χ0) is 24.2. The van der Waals surface area contributed by atoms with Crippen LogP contribution in [0.2, 0.25) is 10.0 Å². The van der Waals surface area contributed by atoms with Crippen molar-refractivity contribution in [2.24, 2.45) is 11.8 Å². The van der Waals surface area contributed by atoms with Crippen LogP contribution >= 0.6 is 34.5 Å². The second kappa shape index (κ2) is 11.3. The number of benzene rings is 1. The van der Waals surface area contributed by atoms with Gasteiger partial charge in [0.1, 0.15) is 17.0 Å². The van der Waals surface area contributed by atoms with Crippen LogP contribution in [-0.4, -0.2) is 36.6 Å². The molecule has 1 N–H and O–H groups in total. The highest BCUT2D eigenvalue weighted by atomic mass is 35.5. The summed E-state index contributed by atoms with van der Waals surface area (Å²) in [5, 5.41) is 10.2. The van der Waals surface area contributed by atoms with Crippen molar-refractivity contribution in [3.8, 4) is 11.3 Å². The number of nitrogens with zero attached hydrogens (tertiary/aromatic N) is 2. The first kappa shape index (κ1) is 25.2. The normalized spacial score (nSPS) is 19.4. The topological polar surface area (TPSA) is 58.4 Å². The second-order valence-corrected chi connectivity index (χ2v) is 11.1. The van der Waals surface area contributed by atoms with Gasteiger partial charge in [0.05, 0.1) is 10.0 Å². The Morgan fingerprint density at radius 1 is 1.18 bits per heavy atom. The molecule has 2 aromatic heterocycles. The molecule has 34 heavy (non-hydrogen) atoms. The third-order valence-electron chi connectivity index (χ3n) is 6.86. The first-order chi connectivity index (χ1) is 16.4. The van der Waals surface area contributed by atoms with E-state index in [-0.39, 0.29) is 5.91 Å². The van der Waals surface area contributed by atoms with Gasteiger partial charge in [-0.15, -0.1) is 11.3 Å². The van der Waals surface area contributed by atoms with E-state index in [0.29, 0.717) is 57.0 Å². The number of aromatic nitrogens is 1. The van der Waals surface area contributed by atoms with Crippen molar-refractivity contribution >= 4 is 40.4 Å². The van der Waals surface area contributed by atoms with Gasteiger partial charge in [0.2, 0.25) is 0 Å². The summed E-state index contributed by atoms with van der Waals surface area (Å²) in [7, 11) is 4.37. The van der Waals surface area contributed by atoms with Crippen LogP contribution in [0.4, 0.5) is 0 Å². The molecule has 1 unspecified atom stereocenters. The van der Waals surface area contributed by atoms with Crippen molar-refractivity contribution in [1.29, 1.82) is 0 Å². The Hall–Kier alpha value is -1.86. The Kier molecular flexibility index (Phi) is 8.35. The summed E-state index contributed by atoms with van der Waals surface area (Å²) < 4.78 is 5.33. The fraction of sp³-hybridized carbons (Fsp3) is 0.462. The van der Waals surface area contributed by atoms with Crippen LogP contribution in [0, 0.1) is 18.8 Å². The van der Waals surface area contributed by atoms with E-state index in [0.717, 1.165) is 6.42 Å². The average Bonchev–Trinajstić information content (AvgIpc) is 3.45. The molecule has 3 aromatic rings. The SMILES string of the molecule is Cc1onc(-c2c(Cl)cccc2Cl)c1C(=O)NCCC1CCC(C(c2cccs2)N(C)C)CC1. The summed E-state index contributed by atoms with van der Waals surface area (Å²) >= 11 is 14.5. The zero-order valence-corrected chi connectivity index (χ0v) is 22.1. The first-order valence-corrected chi connectivity index (χ1v) is 13.4. The number of hydrogen-bond acceptors (Lipinski definition) is 5. The molecule has 0 saturated heterocycles. The quantitative estimate of drug-likeness (QED) is 0.340. The van der Waals surface area contributed by atoms with Crippen LogP contribution in [0.15, 0.2) is 40.2 Å². The van der Waals surface area contributed by atoms with E-state index in [9.17, 15) is 4.79 Å². The molecular weight excluding hydrogens is 489 g/mol. The first-order valence-electron chi connectivity index (χ1n) is 11.8. The summed E-state index contributed by atoms with van der Waals surface area (Å²) in [6, 6.07) is 10.1. The van der Waals surface area contributed by atoms with Gasteiger partial charge >= 0.3 is 0 Å². The summed E-state index contributed by atoms with van der Waals surface area (Å²) in [5.41, 5.74) is 1.30. The number of halogens is 2. The molecule has 0 aliphatic heterocycles. The van der Waals surface area contributed by atoms with Crippen LogP contribution in [0.1, 0.15) is 59.1 Å². The summed E-state index contributed by atoms with van der Waals surface area (Å²) in [5.74, 6) is 1.56. The van der Waals surface area contributed by atoms with E-state index >= 15 is 0 Å². The predicted octanol–water partition coefficient (Wildman–Crippen LogP) is 7.25. The number of amides is 1. The van der Waals surface area contributed by atoms with Crippen LogP contribution < -0.4 is 5.32 Å². The van der Waals surface area contributed by atoms with Crippen molar-refractivity contribution in [2.45, 2.75) is 45.1 Å². The number of hydrogen-bond donors (Lipinski definition) is 1. The van der Waals surface area contributed by atoms with E-state index in [1.54, 1.807) is 25.1 Å². The summed E-state index contributed by atoms with van der Waals surface area (Å²) in [6.45, 7) is 2.35. The third kappa shape index (κ3) is 5.51. The van der Waals surface area contributed by atoms with Crippen LogP contribution in [0.5, 0.6) is 0 Å². The van der Waals surface area contributed by atoms with Gasteiger partial charge in [-0.25, -0.2) is 0 Å². The van der Waals surface area contributed by atoms with Crippen molar-refractivity contribution in [3.05, 3.63) is 62.0 Å². The molecule has 5 nitrogen and oxygen atoms in total. The molecule has 1 atom stereocenters. The third-order valence-corrected chi connectivity index (χ3v) is 8.43. The Bertz CT molecular complexity index is 1090. The fourth-order valence-corrected chi connectivity index (χ4v) is 6.76. The molecule has 4 rings (SSSR count). The lowest BCUT2D eigenvalue weighted by atomic mass is 9.76. The number of carbonyl (C=O) groups is 1. The minimum absolute atomic E-state index is 0.205. The fourth-order valence-electron chi connectivity index (χ4n) is 5.17. The highest BCUT2D eigenvalue weighted by Gasteiger charge is 2.31. The average molecular weight is 521 g/mol. The lowest BCUT2D eigenvalue weighted by Crippen LogP contribution is -2.31. The van der Waals surface area contributed by atoms with Crippen LogP contribution in [0.3, 0.4) is 0 Å². The highest BCUT2D eigenvalue weighted by molar-refractivity contribution is 7.10. The molecular formula is C26H31Cl2N3O2S. The molecule has 182 valence electrons. The number of thiophene rings is 1. The van der Waals surface area contributed by atoms with E-state index in [2.05, 4.69) is 47.0 Å². The van der Waals surface area contributed by atoms with Crippen molar-refractivity contribution < 1.29 is 9.32 Å². The number of carbonyl (C=O) groups excluding carboxylic acids is 1. The maximum absolute atomic E-state index is 13.0. The van der Waals surface area contributed by atoms with E-state index in [1.807, 2.05) is 11.3 Å². The number of aryl methyl sites for hydroxylation is 1. The maximum atomic E-state index is 13.0. The molecule has 0 bridgehead atoms. The van der Waals surface area contributed by atoms with Crippen molar-refractivity contribution in [1.82, 2.24) is 15.4 Å². The molecule has 1 aliphatic carbocycles. The van der Waals surface area contributed by atoms with Crippen LogP contribution in [-0.2, 0) is 0 Å². The molecule has 1 aliphatic rings. The van der Waals surface area contributed by atoms with Gasteiger partial charge in [-0.05, 0) is 75.7 Å². The van der Waals surface area contributed by atoms with Crippen LogP contribution in [0.25, 0.3) is 11.3 Å². The zero-order valence-electron chi connectivity index (χ0n) is 19.8. The van der Waals surface area contributed by atoms with Crippen molar-refractivity contribution in [3.63, 3.8) is 0 Å². The molecule has 2 heterocycles. The molecule has 1 aromatic carbocycles. The highest BCUT2D eigenvalue weighted by Crippen LogP contribution is 2.41. The number of rotatable bonds is 8. The van der Waals surface area contributed by atoms with Gasteiger partial charge in [-0.3, -0.25) is 4.79 Å². The van der Waals surface area contributed by atoms with Crippen molar-refractivity contribution in [2.75, 3.05) is 20.6 Å². The lowest BCUT2D eigenvalue weighted by Gasteiger charge is -2.37. The monoisotopic (exact) mass is 519 g/mol. The standard InChI is InChI=1S/C26H31Cl2N3O2S/c1-16-22(24(30-33-16)23-19(27)6-4-7-20(23)28)26(32)29-14-13-17-9-11-18(12-10-17)25(31(2)3)21-8-5-15-34-21/h4-8,15,17-18,25H,9-14H2,1-3H3,(H,29,32). The van der Waals surface area contributed by atoms with E-state index in [1.165, 1.54) is 30.6 Å². The van der Waals surface area contributed by atoms with E-state index < -0.39 is 0 Å². The van der Waals surface area contributed by atoms with Gasteiger partial charge in [0.25, 0.3) is 5.91 Å². The molecule has 0 spiro atoms. The summed E-state index contributed by atoms with van der Waals surface area (Å²) in [6.07, 6.45) is 5.81. The second-order valence-electron chi connectivity index (χ2n) is 9.31. The van der Waals surface area contributed by atoms with Gasteiger partial charge in [-0.2, -0.15) is 0 Å². The Morgan fingerprint density at radius 3 is 2.50 bits per heavy atom. The molecule has 1 amide bonds. The predicted molar refractivity (Wildman–Crippen MR) is 140 cm³/mol. The smallest absolute Gasteiger partial charge is 0.257 e. The van der Waals surface area contributed by atoms with Gasteiger partial charge in [0, 0.05) is 23.0 Å². The Labute approximate surface area is 215 Å². The largest absolute Gasteiger partial charge is 0.360 e. The maximum Gasteiger partial charge on any atom is 0.257 e. The Balaban J connectivity index is 1.33. The minimum atomic E-state index is -0.205. The van der Waals surface area contributed by atoms with Gasteiger partial charge in [-0.1, -0.05) is 53.3 Å². The van der Waals surface area contributed by atoms with E-state index in [4.69, 9.17) is 27.7 Å². The lowest BCUT2D eigenvalue weighted by molar-refractivity contribution is 0.0946. The molecule has 1 saturated carbocycles. The minimum Gasteiger partial charge on any atom is -0.360 e. The molecule has 1 fully saturated rings. The summed E-state index contributed by atoms with van der Waals surface area (Å²) in [4.78, 5) is 16.9. The Morgan fingerprint density at radius 2 is 1.88 bits per heavy atom. The number of nitrogens with one attached hydrogen (secondary N) is 1.